The Morgan fingerprint density at radius 3 is 2.41 bits per heavy atom. The quantitative estimate of drug-likeness (QED) is 0.837. The molecule has 0 atom stereocenters. The normalized spacial score (nSPS) is 10.6. The van der Waals surface area contributed by atoms with E-state index in [2.05, 4.69) is 5.32 Å². The van der Waals surface area contributed by atoms with E-state index >= 15 is 0 Å². The predicted molar refractivity (Wildman–Crippen MR) is 90.2 cm³/mol. The minimum absolute atomic E-state index is 0.0164. The number of rotatable bonds is 7. The molecule has 0 saturated heterocycles. The monoisotopic (exact) mass is 325 g/mol. The van der Waals surface area contributed by atoms with Crippen LogP contribution in [0.4, 0.5) is 5.69 Å². The van der Waals surface area contributed by atoms with Gasteiger partial charge in [0.05, 0.1) is 0 Å². The van der Waals surface area contributed by atoms with Gasteiger partial charge >= 0.3 is 0 Å². The van der Waals surface area contributed by atoms with Crippen LogP contribution in [0.3, 0.4) is 0 Å². The summed E-state index contributed by atoms with van der Waals surface area (Å²) in [4.78, 5) is 27.3. The molecule has 0 spiro atoms. The van der Waals surface area contributed by atoms with Crippen molar-refractivity contribution in [2.45, 2.75) is 20.3 Å². The fourth-order valence-electron chi connectivity index (χ4n) is 1.96. The van der Waals surface area contributed by atoms with E-state index in [0.717, 1.165) is 17.8 Å². The lowest BCUT2D eigenvalue weighted by atomic mass is 10.2. The van der Waals surface area contributed by atoms with Crippen LogP contribution in [-0.2, 0) is 9.59 Å². The molecule has 22 heavy (non-hydrogen) atoms. The van der Waals surface area contributed by atoms with Crippen molar-refractivity contribution in [2.75, 3.05) is 39.0 Å². The minimum Gasteiger partial charge on any atom is -0.341 e. The molecule has 0 aromatic heterocycles. The second-order valence-corrected chi connectivity index (χ2v) is 6.00. The molecule has 0 aliphatic heterocycles. The van der Waals surface area contributed by atoms with E-state index in [4.69, 9.17) is 11.6 Å². The van der Waals surface area contributed by atoms with Crippen LogP contribution >= 0.6 is 11.6 Å². The largest absolute Gasteiger partial charge is 0.341 e. The SMILES string of the molecule is CC(=O)N(CCC(=O)Nc1ccc(Cl)cc1C)CCN(C)C. The van der Waals surface area contributed by atoms with Gasteiger partial charge in [0.2, 0.25) is 11.8 Å². The predicted octanol–water partition coefficient (Wildman–Crippen LogP) is 2.39. The van der Waals surface area contributed by atoms with Crippen molar-refractivity contribution >= 4 is 29.1 Å². The van der Waals surface area contributed by atoms with E-state index < -0.39 is 0 Å². The van der Waals surface area contributed by atoms with Gasteiger partial charge in [0.1, 0.15) is 0 Å². The topological polar surface area (TPSA) is 52.7 Å². The first-order valence-electron chi connectivity index (χ1n) is 7.26. The molecule has 0 radical (unpaired) electrons. The molecule has 0 fully saturated rings. The number of nitrogens with zero attached hydrogens (tertiary/aromatic N) is 2. The highest BCUT2D eigenvalue weighted by Gasteiger charge is 2.12. The lowest BCUT2D eigenvalue weighted by Crippen LogP contribution is -2.37. The summed E-state index contributed by atoms with van der Waals surface area (Å²) in [5.74, 6) is -0.126. The number of hydrogen-bond acceptors (Lipinski definition) is 3. The minimum atomic E-state index is -0.110. The fourth-order valence-corrected chi connectivity index (χ4v) is 2.19. The Balaban J connectivity index is 2.51. The number of carbonyl (C=O) groups excluding carboxylic acids is 2. The number of halogens is 1. The van der Waals surface area contributed by atoms with Crippen LogP contribution in [0.25, 0.3) is 0 Å². The molecule has 0 heterocycles. The Morgan fingerprint density at radius 1 is 1.18 bits per heavy atom. The molecule has 122 valence electrons. The number of anilines is 1. The highest BCUT2D eigenvalue weighted by Crippen LogP contribution is 2.19. The second kappa shape index (κ2) is 8.76. The molecule has 0 unspecified atom stereocenters. The highest BCUT2D eigenvalue weighted by atomic mass is 35.5. The zero-order valence-corrected chi connectivity index (χ0v) is 14.4. The summed E-state index contributed by atoms with van der Waals surface area (Å²) in [7, 11) is 3.91. The van der Waals surface area contributed by atoms with E-state index in [1.165, 1.54) is 6.92 Å². The Labute approximate surface area is 137 Å². The first-order valence-corrected chi connectivity index (χ1v) is 7.63. The molecule has 5 nitrogen and oxygen atoms in total. The lowest BCUT2D eigenvalue weighted by Gasteiger charge is -2.22. The van der Waals surface area contributed by atoms with Crippen LogP contribution in [-0.4, -0.2) is 55.3 Å². The number of likely N-dealkylation sites (N-methyl/N-ethyl adjacent to an activating group) is 1. The summed E-state index contributed by atoms with van der Waals surface area (Å²) in [5, 5.41) is 3.49. The molecule has 6 heteroatoms. The summed E-state index contributed by atoms with van der Waals surface area (Å²) >= 11 is 5.89. The van der Waals surface area contributed by atoms with E-state index in [9.17, 15) is 9.59 Å². The third-order valence-corrected chi connectivity index (χ3v) is 3.57. The van der Waals surface area contributed by atoms with Crippen LogP contribution in [0.5, 0.6) is 0 Å². The number of amides is 2. The van der Waals surface area contributed by atoms with Crippen LogP contribution in [0.15, 0.2) is 18.2 Å². The third-order valence-electron chi connectivity index (χ3n) is 3.33. The number of hydrogen-bond donors (Lipinski definition) is 1. The van der Waals surface area contributed by atoms with Crippen LogP contribution in [0, 0.1) is 6.92 Å². The van der Waals surface area contributed by atoms with Crippen molar-refractivity contribution < 1.29 is 9.59 Å². The van der Waals surface area contributed by atoms with Gasteiger partial charge in [-0.25, -0.2) is 0 Å². The van der Waals surface area contributed by atoms with Gasteiger partial charge < -0.3 is 15.1 Å². The smallest absolute Gasteiger partial charge is 0.226 e. The Hall–Kier alpha value is -1.59. The van der Waals surface area contributed by atoms with E-state index in [1.807, 2.05) is 25.9 Å². The molecule has 0 bridgehead atoms. The zero-order valence-electron chi connectivity index (χ0n) is 13.6. The fraction of sp³-hybridized carbons (Fsp3) is 0.500. The van der Waals surface area contributed by atoms with Crippen LogP contribution in [0.2, 0.25) is 5.02 Å². The van der Waals surface area contributed by atoms with E-state index in [0.29, 0.717) is 18.1 Å². The Bertz CT molecular complexity index is 532. The van der Waals surface area contributed by atoms with Crippen LogP contribution < -0.4 is 5.32 Å². The molecule has 2 amide bonds. The van der Waals surface area contributed by atoms with Crippen molar-refractivity contribution in [2.24, 2.45) is 0 Å². The Morgan fingerprint density at radius 2 is 1.86 bits per heavy atom. The van der Waals surface area contributed by atoms with Gasteiger partial charge in [-0.15, -0.1) is 0 Å². The number of benzene rings is 1. The van der Waals surface area contributed by atoms with Gasteiger partial charge in [0.15, 0.2) is 0 Å². The van der Waals surface area contributed by atoms with Crippen molar-refractivity contribution in [1.82, 2.24) is 9.80 Å². The molecule has 1 N–H and O–H groups in total. The standard InChI is InChI=1S/C16H24ClN3O2/c1-12-11-14(17)5-6-15(12)18-16(22)7-8-20(13(2)21)10-9-19(3)4/h5-6,11H,7-10H2,1-4H3,(H,18,22). The van der Waals surface area contributed by atoms with Gasteiger partial charge in [0.25, 0.3) is 0 Å². The van der Waals surface area contributed by atoms with Gasteiger partial charge in [-0.2, -0.15) is 0 Å². The number of carbonyl (C=O) groups is 2. The van der Waals surface area contributed by atoms with Gasteiger partial charge in [0, 0.05) is 43.7 Å². The summed E-state index contributed by atoms with van der Waals surface area (Å²) in [6.45, 7) is 5.23. The third kappa shape index (κ3) is 6.45. The van der Waals surface area contributed by atoms with E-state index in [-0.39, 0.29) is 18.2 Å². The number of nitrogens with one attached hydrogen (secondary N) is 1. The molecular formula is C16H24ClN3O2. The maximum atomic E-state index is 12.0. The first-order chi connectivity index (χ1) is 10.3. The molecule has 0 aliphatic rings. The van der Waals surface area contributed by atoms with Crippen molar-refractivity contribution in [3.05, 3.63) is 28.8 Å². The molecule has 0 aliphatic carbocycles. The van der Waals surface area contributed by atoms with Gasteiger partial charge in [-0.3, -0.25) is 9.59 Å². The maximum absolute atomic E-state index is 12.0. The molecule has 1 rings (SSSR count). The first kappa shape index (κ1) is 18.5. The van der Waals surface area contributed by atoms with Crippen molar-refractivity contribution in [3.8, 4) is 0 Å². The molecular weight excluding hydrogens is 302 g/mol. The summed E-state index contributed by atoms with van der Waals surface area (Å²) in [5.41, 5.74) is 1.66. The van der Waals surface area contributed by atoms with Crippen molar-refractivity contribution in [1.29, 1.82) is 0 Å². The van der Waals surface area contributed by atoms with Crippen molar-refractivity contribution in [3.63, 3.8) is 0 Å². The van der Waals surface area contributed by atoms with E-state index in [1.54, 1.807) is 23.1 Å². The molecule has 1 aromatic carbocycles. The summed E-state index contributed by atoms with van der Waals surface area (Å²) in [6.07, 6.45) is 0.273. The summed E-state index contributed by atoms with van der Waals surface area (Å²) in [6, 6.07) is 5.32. The van der Waals surface area contributed by atoms with Crippen LogP contribution in [0.1, 0.15) is 18.9 Å². The maximum Gasteiger partial charge on any atom is 0.226 e. The average molecular weight is 326 g/mol. The highest BCUT2D eigenvalue weighted by molar-refractivity contribution is 6.30. The number of aryl methyl sites for hydroxylation is 1. The zero-order chi connectivity index (χ0) is 16.7. The second-order valence-electron chi connectivity index (χ2n) is 5.57. The van der Waals surface area contributed by atoms with Gasteiger partial charge in [-0.1, -0.05) is 11.6 Å². The lowest BCUT2D eigenvalue weighted by molar-refractivity contribution is -0.129. The summed E-state index contributed by atoms with van der Waals surface area (Å²) < 4.78 is 0. The molecule has 0 saturated carbocycles. The Kier molecular flexibility index (Phi) is 7.35. The average Bonchev–Trinajstić information content (AvgIpc) is 2.41. The van der Waals surface area contributed by atoms with Gasteiger partial charge in [-0.05, 0) is 44.8 Å². The molecule has 1 aromatic rings.